The van der Waals surface area contributed by atoms with E-state index in [0.29, 0.717) is 13.0 Å². The summed E-state index contributed by atoms with van der Waals surface area (Å²) < 4.78 is 0. The minimum absolute atomic E-state index is 0.0245. The Morgan fingerprint density at radius 2 is 1.80 bits per heavy atom. The number of carboxylic acid groups (broad SMARTS) is 1. The predicted octanol–water partition coefficient (Wildman–Crippen LogP) is 3.78. The lowest BCUT2D eigenvalue weighted by Crippen LogP contribution is -2.41. The summed E-state index contributed by atoms with van der Waals surface area (Å²) in [6.07, 6.45) is 1.29. The first-order valence-electron chi connectivity index (χ1n) is 8.73. The largest absolute Gasteiger partial charge is 0.481 e. The Hall–Kier alpha value is -2.62. The van der Waals surface area contributed by atoms with Crippen molar-refractivity contribution in [1.29, 1.82) is 0 Å². The van der Waals surface area contributed by atoms with E-state index < -0.39 is 11.9 Å². The lowest BCUT2D eigenvalue weighted by atomic mass is 9.88. The summed E-state index contributed by atoms with van der Waals surface area (Å²) in [5.74, 6) is -1.34. The van der Waals surface area contributed by atoms with Crippen LogP contribution < -0.4 is 0 Å². The fourth-order valence-corrected chi connectivity index (χ4v) is 3.57. The van der Waals surface area contributed by atoms with Crippen LogP contribution in [0.1, 0.15) is 48.3 Å². The minimum Gasteiger partial charge on any atom is -0.481 e. The molecule has 1 aliphatic rings. The summed E-state index contributed by atoms with van der Waals surface area (Å²) in [7, 11) is 0. The number of rotatable bonds is 5. The third kappa shape index (κ3) is 3.73. The molecule has 0 spiro atoms. The van der Waals surface area contributed by atoms with E-state index in [2.05, 4.69) is 6.92 Å². The molecule has 2 aromatic rings. The van der Waals surface area contributed by atoms with Crippen LogP contribution in [0.5, 0.6) is 0 Å². The topological polar surface area (TPSA) is 57.6 Å². The maximum Gasteiger partial charge on any atom is 0.312 e. The predicted molar refractivity (Wildman–Crippen MR) is 96.3 cm³/mol. The average molecular weight is 337 g/mol. The van der Waals surface area contributed by atoms with Crippen LogP contribution in [-0.4, -0.2) is 28.4 Å². The van der Waals surface area contributed by atoms with Crippen molar-refractivity contribution >= 4 is 11.9 Å². The molecule has 1 heterocycles. The Morgan fingerprint density at radius 3 is 2.48 bits per heavy atom. The molecule has 2 unspecified atom stereocenters. The highest BCUT2D eigenvalue weighted by Gasteiger charge is 2.32. The zero-order valence-corrected chi connectivity index (χ0v) is 14.4. The van der Waals surface area contributed by atoms with Crippen LogP contribution in [0.15, 0.2) is 54.6 Å². The Labute approximate surface area is 148 Å². The van der Waals surface area contributed by atoms with Crippen molar-refractivity contribution in [3.05, 3.63) is 71.3 Å². The molecule has 0 saturated carbocycles. The van der Waals surface area contributed by atoms with Gasteiger partial charge in [-0.25, -0.2) is 0 Å². The second-order valence-corrected chi connectivity index (χ2v) is 6.58. The van der Waals surface area contributed by atoms with Gasteiger partial charge in [0.2, 0.25) is 5.91 Å². The number of nitrogens with zero attached hydrogens (tertiary/aromatic N) is 1. The minimum atomic E-state index is -0.875. The quantitative estimate of drug-likeness (QED) is 0.903. The van der Waals surface area contributed by atoms with E-state index in [-0.39, 0.29) is 18.4 Å². The smallest absolute Gasteiger partial charge is 0.312 e. The molecule has 0 saturated heterocycles. The number of carbonyl (C=O) groups excluding carboxylic acids is 1. The zero-order chi connectivity index (χ0) is 17.8. The van der Waals surface area contributed by atoms with Gasteiger partial charge in [0.05, 0.1) is 5.92 Å². The maximum absolute atomic E-state index is 12.9. The van der Waals surface area contributed by atoms with Gasteiger partial charge in [0.25, 0.3) is 0 Å². The van der Waals surface area contributed by atoms with Crippen molar-refractivity contribution in [1.82, 2.24) is 4.90 Å². The fourth-order valence-electron chi connectivity index (χ4n) is 3.57. The monoisotopic (exact) mass is 337 g/mol. The molecule has 1 aliphatic heterocycles. The Bertz CT molecular complexity index is 757. The van der Waals surface area contributed by atoms with Crippen molar-refractivity contribution in [2.75, 3.05) is 6.54 Å². The Balaban J connectivity index is 1.78. The molecular formula is C21H23NO3. The van der Waals surface area contributed by atoms with Crippen LogP contribution in [0.25, 0.3) is 0 Å². The molecule has 3 rings (SSSR count). The molecule has 0 aliphatic carbocycles. The van der Waals surface area contributed by atoms with E-state index in [0.717, 1.165) is 23.1 Å². The molecule has 1 N–H and O–H groups in total. The van der Waals surface area contributed by atoms with Gasteiger partial charge in [0.1, 0.15) is 0 Å². The number of amides is 1. The summed E-state index contributed by atoms with van der Waals surface area (Å²) in [6, 6.07) is 17.6. The van der Waals surface area contributed by atoms with Crippen LogP contribution >= 0.6 is 0 Å². The van der Waals surface area contributed by atoms with Crippen molar-refractivity contribution in [2.24, 2.45) is 0 Å². The van der Waals surface area contributed by atoms with Crippen molar-refractivity contribution in [3.8, 4) is 0 Å². The summed E-state index contributed by atoms with van der Waals surface area (Å²) in [6.45, 7) is 2.82. The number of aliphatic carboxylic acids is 1. The second kappa shape index (κ2) is 7.51. The van der Waals surface area contributed by atoms with E-state index >= 15 is 0 Å². The van der Waals surface area contributed by atoms with Crippen molar-refractivity contribution in [3.63, 3.8) is 0 Å². The average Bonchev–Trinajstić information content (AvgIpc) is 2.65. The van der Waals surface area contributed by atoms with Crippen LogP contribution in [-0.2, 0) is 16.1 Å². The number of carboxylic acids is 1. The lowest BCUT2D eigenvalue weighted by molar-refractivity contribution is -0.141. The number of benzene rings is 2. The third-order valence-corrected chi connectivity index (χ3v) is 5.03. The van der Waals surface area contributed by atoms with Gasteiger partial charge in [0, 0.05) is 19.5 Å². The van der Waals surface area contributed by atoms with Gasteiger partial charge in [-0.3, -0.25) is 9.59 Å². The molecule has 130 valence electrons. The van der Waals surface area contributed by atoms with Crippen LogP contribution in [0.4, 0.5) is 0 Å². The molecule has 0 aromatic heterocycles. The van der Waals surface area contributed by atoms with Crippen molar-refractivity contribution < 1.29 is 14.7 Å². The molecule has 2 atom stereocenters. The normalized spacial score (nSPS) is 17.6. The second-order valence-electron chi connectivity index (χ2n) is 6.58. The Morgan fingerprint density at radius 1 is 1.12 bits per heavy atom. The highest BCUT2D eigenvalue weighted by atomic mass is 16.4. The molecule has 4 nitrogen and oxygen atoms in total. The molecule has 0 radical (unpaired) electrons. The zero-order valence-electron chi connectivity index (χ0n) is 14.4. The number of hydrogen-bond acceptors (Lipinski definition) is 2. The summed E-state index contributed by atoms with van der Waals surface area (Å²) in [5, 5.41) is 9.55. The molecule has 4 heteroatoms. The van der Waals surface area contributed by atoms with Gasteiger partial charge in [0.15, 0.2) is 0 Å². The summed E-state index contributed by atoms with van der Waals surface area (Å²) in [4.78, 5) is 26.2. The van der Waals surface area contributed by atoms with E-state index in [4.69, 9.17) is 0 Å². The third-order valence-electron chi connectivity index (χ3n) is 5.03. The van der Waals surface area contributed by atoms with Gasteiger partial charge < -0.3 is 10.0 Å². The van der Waals surface area contributed by atoms with E-state index in [9.17, 15) is 14.7 Å². The van der Waals surface area contributed by atoms with Gasteiger partial charge in [-0.2, -0.15) is 0 Å². The number of hydrogen-bond donors (Lipinski definition) is 1. The lowest BCUT2D eigenvalue weighted by Gasteiger charge is -2.33. The summed E-state index contributed by atoms with van der Waals surface area (Å²) in [5.41, 5.74) is 2.92. The molecule has 0 bridgehead atoms. The number of carbonyl (C=O) groups is 2. The highest BCUT2D eigenvalue weighted by molar-refractivity contribution is 5.82. The first-order chi connectivity index (χ1) is 12.1. The Kier molecular flexibility index (Phi) is 5.17. The first-order valence-corrected chi connectivity index (χ1v) is 8.73. The molecule has 0 fully saturated rings. The van der Waals surface area contributed by atoms with Crippen LogP contribution in [0.2, 0.25) is 0 Å². The van der Waals surface area contributed by atoms with Gasteiger partial charge >= 0.3 is 5.97 Å². The van der Waals surface area contributed by atoms with Crippen LogP contribution in [0, 0.1) is 0 Å². The van der Waals surface area contributed by atoms with Gasteiger partial charge in [-0.15, -0.1) is 0 Å². The highest BCUT2D eigenvalue weighted by Crippen LogP contribution is 2.31. The maximum atomic E-state index is 12.9. The molecule has 1 amide bonds. The van der Waals surface area contributed by atoms with E-state index in [1.807, 2.05) is 54.6 Å². The van der Waals surface area contributed by atoms with E-state index in [1.54, 1.807) is 4.90 Å². The van der Waals surface area contributed by atoms with Crippen molar-refractivity contribution in [2.45, 2.75) is 38.1 Å². The standard InChI is InChI=1S/C21H23NO3/c1-2-15(16-8-4-3-5-9-16)12-20(23)22-13-17-10-6-7-11-18(17)19(14-22)21(24)25/h3-11,15,19H,2,12-14H2,1H3,(H,24,25). The first kappa shape index (κ1) is 17.2. The van der Waals surface area contributed by atoms with Gasteiger partial charge in [-0.05, 0) is 29.0 Å². The molecule has 25 heavy (non-hydrogen) atoms. The molecular weight excluding hydrogens is 314 g/mol. The number of fused-ring (bicyclic) bond motifs is 1. The molecule has 2 aromatic carbocycles. The van der Waals surface area contributed by atoms with Gasteiger partial charge in [-0.1, -0.05) is 61.5 Å². The SMILES string of the molecule is CCC(CC(=O)N1Cc2ccccc2C(C(=O)O)C1)c1ccccc1. The van der Waals surface area contributed by atoms with Crippen LogP contribution in [0.3, 0.4) is 0 Å². The fraction of sp³-hybridized carbons (Fsp3) is 0.333. The van der Waals surface area contributed by atoms with E-state index in [1.165, 1.54) is 0 Å². The summed E-state index contributed by atoms with van der Waals surface area (Å²) >= 11 is 0.